The summed E-state index contributed by atoms with van der Waals surface area (Å²) in [5, 5.41) is 10.4. The molecule has 4 heteroatoms. The van der Waals surface area contributed by atoms with Gasteiger partial charge in [0.25, 0.3) is 0 Å². The Morgan fingerprint density at radius 3 is 2.43 bits per heavy atom. The number of hydrogen-bond acceptors (Lipinski definition) is 2. The number of ether oxygens (including phenoxy) is 1. The number of rotatable bonds is 2. The normalized spacial score (nSPS) is 11.6. The van der Waals surface area contributed by atoms with Crippen LogP contribution in [0.4, 0.5) is 0 Å². The van der Waals surface area contributed by atoms with Gasteiger partial charge >= 0.3 is 0 Å². The van der Waals surface area contributed by atoms with Crippen molar-refractivity contribution in [3.8, 4) is 5.75 Å². The van der Waals surface area contributed by atoms with E-state index in [1.807, 2.05) is 0 Å². The first-order valence-corrected chi connectivity index (χ1v) is 5.29. The molecule has 0 aliphatic carbocycles. The largest absolute Gasteiger partial charge is 0.495 e. The molecular formula is C10H12BrClO2. The third-order valence-corrected chi connectivity index (χ3v) is 2.61. The summed E-state index contributed by atoms with van der Waals surface area (Å²) in [6, 6.07) is 3.53. The van der Waals surface area contributed by atoms with Gasteiger partial charge in [0, 0.05) is 10.0 Å². The quantitative estimate of drug-likeness (QED) is 0.900. The molecule has 14 heavy (non-hydrogen) atoms. The van der Waals surface area contributed by atoms with Gasteiger partial charge in [-0.3, -0.25) is 0 Å². The minimum atomic E-state index is -0.973. The van der Waals surface area contributed by atoms with E-state index in [0.717, 1.165) is 4.47 Å². The van der Waals surface area contributed by atoms with Crippen molar-refractivity contribution in [3.05, 3.63) is 27.2 Å². The number of benzene rings is 1. The minimum Gasteiger partial charge on any atom is -0.495 e. The maximum atomic E-state index is 9.89. The summed E-state index contributed by atoms with van der Waals surface area (Å²) < 4.78 is 5.96. The first kappa shape index (κ1) is 11.8. The van der Waals surface area contributed by atoms with Gasteiger partial charge in [-0.1, -0.05) is 27.5 Å². The van der Waals surface area contributed by atoms with Crippen LogP contribution in [0.3, 0.4) is 0 Å². The number of methoxy groups -OCH3 is 1. The molecule has 0 atom stereocenters. The summed E-state index contributed by atoms with van der Waals surface area (Å²) in [6.07, 6.45) is 0. The van der Waals surface area contributed by atoms with E-state index >= 15 is 0 Å². The van der Waals surface area contributed by atoms with Crippen LogP contribution in [0.2, 0.25) is 5.02 Å². The lowest BCUT2D eigenvalue weighted by Crippen LogP contribution is -2.17. The lowest BCUT2D eigenvalue weighted by molar-refractivity contribution is 0.0756. The molecule has 0 saturated heterocycles. The zero-order valence-corrected chi connectivity index (χ0v) is 10.6. The molecule has 0 aliphatic rings. The smallest absolute Gasteiger partial charge is 0.143 e. The van der Waals surface area contributed by atoms with Gasteiger partial charge in [0.1, 0.15) is 5.75 Å². The monoisotopic (exact) mass is 278 g/mol. The fourth-order valence-electron chi connectivity index (χ4n) is 1.22. The lowest BCUT2D eigenvalue weighted by Gasteiger charge is -2.21. The van der Waals surface area contributed by atoms with Crippen LogP contribution in [0.5, 0.6) is 5.75 Å². The van der Waals surface area contributed by atoms with Gasteiger partial charge in [0.2, 0.25) is 0 Å². The third kappa shape index (κ3) is 2.41. The van der Waals surface area contributed by atoms with Crippen molar-refractivity contribution < 1.29 is 9.84 Å². The molecule has 0 aromatic heterocycles. The van der Waals surface area contributed by atoms with Crippen LogP contribution in [0.25, 0.3) is 0 Å². The van der Waals surface area contributed by atoms with Crippen molar-refractivity contribution in [3.63, 3.8) is 0 Å². The molecule has 1 aromatic rings. The molecule has 0 heterocycles. The van der Waals surface area contributed by atoms with Crippen LogP contribution in [-0.4, -0.2) is 12.2 Å². The van der Waals surface area contributed by atoms with Crippen LogP contribution in [0.15, 0.2) is 16.6 Å². The standard InChI is InChI=1S/C10H12BrClO2/c1-10(2,13)7-4-6(11)5-8(12)9(7)14-3/h4-5,13H,1-3H3. The van der Waals surface area contributed by atoms with Crippen molar-refractivity contribution in [1.82, 2.24) is 0 Å². The van der Waals surface area contributed by atoms with Crippen LogP contribution >= 0.6 is 27.5 Å². The highest BCUT2D eigenvalue weighted by atomic mass is 79.9. The summed E-state index contributed by atoms with van der Waals surface area (Å²) in [6.45, 7) is 3.38. The van der Waals surface area contributed by atoms with E-state index in [4.69, 9.17) is 16.3 Å². The number of aliphatic hydroxyl groups is 1. The van der Waals surface area contributed by atoms with Crippen LogP contribution < -0.4 is 4.74 Å². The van der Waals surface area contributed by atoms with Crippen LogP contribution in [0, 0.1) is 0 Å². The molecule has 1 aromatic carbocycles. The average molecular weight is 280 g/mol. The minimum absolute atomic E-state index is 0.485. The van der Waals surface area contributed by atoms with Crippen molar-refractivity contribution in [2.45, 2.75) is 19.4 Å². The molecule has 0 radical (unpaired) electrons. The molecule has 78 valence electrons. The molecule has 0 unspecified atom stereocenters. The fraction of sp³-hybridized carbons (Fsp3) is 0.400. The maximum absolute atomic E-state index is 9.89. The van der Waals surface area contributed by atoms with E-state index in [2.05, 4.69) is 15.9 Å². The van der Waals surface area contributed by atoms with Gasteiger partial charge in [-0.05, 0) is 26.0 Å². The summed E-state index contributed by atoms with van der Waals surface area (Å²) in [5.41, 5.74) is -0.307. The highest BCUT2D eigenvalue weighted by Gasteiger charge is 2.23. The summed E-state index contributed by atoms with van der Waals surface area (Å²) in [5.74, 6) is 0.516. The first-order chi connectivity index (χ1) is 6.36. The van der Waals surface area contributed by atoms with Gasteiger partial charge in [-0.15, -0.1) is 0 Å². The molecular weight excluding hydrogens is 267 g/mol. The van der Waals surface area contributed by atoms with Crippen molar-refractivity contribution >= 4 is 27.5 Å². The van der Waals surface area contributed by atoms with Gasteiger partial charge in [0.15, 0.2) is 0 Å². The van der Waals surface area contributed by atoms with E-state index < -0.39 is 5.60 Å². The van der Waals surface area contributed by atoms with E-state index in [-0.39, 0.29) is 0 Å². The van der Waals surface area contributed by atoms with E-state index in [0.29, 0.717) is 16.3 Å². The SMILES string of the molecule is COc1c(Cl)cc(Br)cc1C(C)(C)O. The molecule has 0 fully saturated rings. The topological polar surface area (TPSA) is 29.5 Å². The fourth-order valence-corrected chi connectivity index (χ4v) is 2.11. The van der Waals surface area contributed by atoms with Crippen LogP contribution in [-0.2, 0) is 5.60 Å². The second-order valence-corrected chi connectivity index (χ2v) is 4.85. The Morgan fingerprint density at radius 1 is 1.43 bits per heavy atom. The van der Waals surface area contributed by atoms with E-state index in [9.17, 15) is 5.11 Å². The Bertz CT molecular complexity index is 345. The lowest BCUT2D eigenvalue weighted by atomic mass is 9.97. The predicted molar refractivity (Wildman–Crippen MR) is 60.9 cm³/mol. The molecule has 1 N–H and O–H groups in total. The van der Waals surface area contributed by atoms with Crippen molar-refractivity contribution in [1.29, 1.82) is 0 Å². The van der Waals surface area contributed by atoms with Gasteiger partial charge in [-0.2, -0.15) is 0 Å². The van der Waals surface area contributed by atoms with E-state index in [1.165, 1.54) is 7.11 Å². The molecule has 0 saturated carbocycles. The summed E-state index contributed by atoms with van der Waals surface area (Å²) in [7, 11) is 1.53. The predicted octanol–water partition coefficient (Wildman–Crippen LogP) is 3.34. The van der Waals surface area contributed by atoms with Crippen molar-refractivity contribution in [2.24, 2.45) is 0 Å². The van der Waals surface area contributed by atoms with E-state index in [1.54, 1.807) is 26.0 Å². The Kier molecular flexibility index (Phi) is 3.45. The second kappa shape index (κ2) is 4.09. The number of hydrogen-bond donors (Lipinski definition) is 1. The maximum Gasteiger partial charge on any atom is 0.143 e. The molecule has 2 nitrogen and oxygen atoms in total. The molecule has 0 spiro atoms. The zero-order chi connectivity index (χ0) is 10.9. The molecule has 0 bridgehead atoms. The molecule has 1 rings (SSSR count). The Labute approximate surface area is 97.0 Å². The Balaban J connectivity index is 3.40. The Morgan fingerprint density at radius 2 is 2.00 bits per heavy atom. The summed E-state index contributed by atoms with van der Waals surface area (Å²) in [4.78, 5) is 0. The molecule has 0 amide bonds. The van der Waals surface area contributed by atoms with Crippen LogP contribution in [0.1, 0.15) is 19.4 Å². The highest BCUT2D eigenvalue weighted by Crippen LogP contribution is 2.37. The molecule has 0 aliphatic heterocycles. The van der Waals surface area contributed by atoms with Gasteiger partial charge in [-0.25, -0.2) is 0 Å². The van der Waals surface area contributed by atoms with Gasteiger partial charge in [0.05, 0.1) is 17.7 Å². The average Bonchev–Trinajstić information content (AvgIpc) is 2.01. The number of halogens is 2. The third-order valence-electron chi connectivity index (χ3n) is 1.87. The van der Waals surface area contributed by atoms with Gasteiger partial charge < -0.3 is 9.84 Å². The second-order valence-electron chi connectivity index (χ2n) is 3.53. The first-order valence-electron chi connectivity index (χ1n) is 4.12. The summed E-state index contributed by atoms with van der Waals surface area (Å²) >= 11 is 9.29. The highest BCUT2D eigenvalue weighted by molar-refractivity contribution is 9.10. The zero-order valence-electron chi connectivity index (χ0n) is 8.27. The van der Waals surface area contributed by atoms with Crippen molar-refractivity contribution in [2.75, 3.05) is 7.11 Å². The Hall–Kier alpha value is -0.250.